The summed E-state index contributed by atoms with van der Waals surface area (Å²) in [6.45, 7) is 0. The van der Waals surface area contributed by atoms with Gasteiger partial charge in [-0.25, -0.2) is 10.2 Å². The number of benzene rings is 1. The minimum absolute atomic E-state index is 0.230. The van der Waals surface area contributed by atoms with Crippen LogP contribution in [0.25, 0.3) is 0 Å². The van der Waals surface area contributed by atoms with E-state index in [1.54, 1.807) is 0 Å². The number of amides is 2. The monoisotopic (exact) mass is 438 g/mol. The fraction of sp³-hybridized carbons (Fsp3) is 0.467. The zero-order valence-electron chi connectivity index (χ0n) is 13.2. The summed E-state index contributed by atoms with van der Waals surface area (Å²) in [7, 11) is 0. The molecule has 0 unspecified atom stereocenters. The maximum atomic E-state index is 13.0. The third-order valence-electron chi connectivity index (χ3n) is 3.77. The number of carbonyl (C=O) groups is 1. The highest BCUT2D eigenvalue weighted by atomic mass is 79.9. The van der Waals surface area contributed by atoms with Gasteiger partial charge in [-0.05, 0) is 43.3 Å². The van der Waals surface area contributed by atoms with Crippen LogP contribution in [0.3, 0.4) is 0 Å². The zero-order valence-corrected chi connectivity index (χ0v) is 15.6. The Balaban J connectivity index is 1.87. The van der Waals surface area contributed by atoms with Crippen LogP contribution in [0.5, 0.6) is 0 Å². The van der Waals surface area contributed by atoms with Gasteiger partial charge in [-0.3, -0.25) is 5.43 Å². The van der Waals surface area contributed by atoms with Gasteiger partial charge in [0, 0.05) is 10.5 Å². The minimum atomic E-state index is -4.59. The molecule has 138 valence electrons. The SMILES string of the molecule is O=C(NNC(=S)NC1CCCCC1)Nc1ccc(Br)cc1C(F)(F)F. The molecule has 1 fully saturated rings. The van der Waals surface area contributed by atoms with Crippen LogP contribution in [0.4, 0.5) is 23.7 Å². The van der Waals surface area contributed by atoms with Gasteiger partial charge in [0.15, 0.2) is 5.11 Å². The van der Waals surface area contributed by atoms with Crippen molar-refractivity contribution < 1.29 is 18.0 Å². The number of nitrogens with one attached hydrogen (secondary N) is 4. The number of urea groups is 1. The highest BCUT2D eigenvalue weighted by Gasteiger charge is 2.34. The molecule has 0 atom stereocenters. The topological polar surface area (TPSA) is 65.2 Å². The van der Waals surface area contributed by atoms with Gasteiger partial charge >= 0.3 is 12.2 Å². The summed E-state index contributed by atoms with van der Waals surface area (Å²) < 4.78 is 39.3. The standard InChI is InChI=1S/C15H18BrF3N4OS/c16-9-6-7-12(11(8-9)15(17,18)19)21-13(24)22-23-14(25)20-10-4-2-1-3-5-10/h6-8,10H,1-5H2,(H2,20,23,25)(H2,21,22,24). The Morgan fingerprint density at radius 2 is 1.84 bits per heavy atom. The molecule has 25 heavy (non-hydrogen) atoms. The zero-order chi connectivity index (χ0) is 18.4. The molecule has 1 aliphatic carbocycles. The molecule has 1 saturated carbocycles. The number of halogens is 4. The predicted molar refractivity (Wildman–Crippen MR) is 97.0 cm³/mol. The van der Waals surface area contributed by atoms with Crippen molar-refractivity contribution in [2.75, 3.05) is 5.32 Å². The second kappa shape index (κ2) is 8.70. The minimum Gasteiger partial charge on any atom is -0.359 e. The Hall–Kier alpha value is -1.55. The van der Waals surface area contributed by atoms with Crippen LogP contribution in [-0.2, 0) is 6.18 Å². The van der Waals surface area contributed by atoms with E-state index < -0.39 is 17.8 Å². The van der Waals surface area contributed by atoms with E-state index in [0.29, 0.717) is 0 Å². The number of alkyl halides is 3. The van der Waals surface area contributed by atoms with E-state index in [4.69, 9.17) is 12.2 Å². The molecule has 1 aromatic rings. The van der Waals surface area contributed by atoms with Crippen molar-refractivity contribution in [2.24, 2.45) is 0 Å². The van der Waals surface area contributed by atoms with Crippen LogP contribution in [0.15, 0.2) is 22.7 Å². The first-order chi connectivity index (χ1) is 11.8. The van der Waals surface area contributed by atoms with Crippen LogP contribution >= 0.6 is 28.1 Å². The van der Waals surface area contributed by atoms with Gasteiger partial charge in [-0.1, -0.05) is 35.2 Å². The van der Waals surface area contributed by atoms with E-state index in [-0.39, 0.29) is 21.3 Å². The average Bonchev–Trinajstić information content (AvgIpc) is 2.54. The van der Waals surface area contributed by atoms with Crippen molar-refractivity contribution in [3.05, 3.63) is 28.2 Å². The lowest BCUT2D eigenvalue weighted by molar-refractivity contribution is -0.136. The molecule has 4 N–H and O–H groups in total. The lowest BCUT2D eigenvalue weighted by Crippen LogP contribution is -2.51. The molecule has 0 heterocycles. The normalized spacial score (nSPS) is 15.4. The molecule has 2 rings (SSSR count). The van der Waals surface area contributed by atoms with E-state index >= 15 is 0 Å². The number of rotatable bonds is 2. The van der Waals surface area contributed by atoms with Crippen molar-refractivity contribution in [3.8, 4) is 0 Å². The van der Waals surface area contributed by atoms with Gasteiger partial charge in [0.25, 0.3) is 0 Å². The average molecular weight is 439 g/mol. The van der Waals surface area contributed by atoms with E-state index in [1.807, 2.05) is 0 Å². The number of hydrazine groups is 1. The second-order valence-electron chi connectivity index (χ2n) is 5.70. The van der Waals surface area contributed by atoms with Gasteiger partial charge in [0.05, 0.1) is 11.3 Å². The highest BCUT2D eigenvalue weighted by Crippen LogP contribution is 2.36. The summed E-state index contributed by atoms with van der Waals surface area (Å²) in [5.74, 6) is 0. The first-order valence-corrected chi connectivity index (χ1v) is 8.96. The number of thiocarbonyl (C=S) groups is 1. The summed E-state index contributed by atoms with van der Waals surface area (Å²) in [6.07, 6.45) is 0.866. The Morgan fingerprint density at radius 1 is 1.16 bits per heavy atom. The molecular weight excluding hydrogens is 421 g/mol. The maximum Gasteiger partial charge on any atom is 0.418 e. The number of carbonyl (C=O) groups excluding carboxylic acids is 1. The smallest absolute Gasteiger partial charge is 0.359 e. The molecule has 0 aliphatic heterocycles. The quantitative estimate of drug-likeness (QED) is 0.410. The Labute approximate surface area is 157 Å². The molecule has 10 heteroatoms. The molecule has 0 radical (unpaired) electrons. The van der Waals surface area contributed by atoms with Crippen molar-refractivity contribution in [2.45, 2.75) is 44.3 Å². The van der Waals surface area contributed by atoms with Crippen molar-refractivity contribution >= 4 is 45.0 Å². The van der Waals surface area contributed by atoms with Gasteiger partial charge in [-0.15, -0.1) is 0 Å². The summed E-state index contributed by atoms with van der Waals surface area (Å²) >= 11 is 8.05. The summed E-state index contributed by atoms with van der Waals surface area (Å²) in [4.78, 5) is 11.8. The van der Waals surface area contributed by atoms with E-state index in [9.17, 15) is 18.0 Å². The largest absolute Gasteiger partial charge is 0.418 e. The molecular formula is C15H18BrF3N4OS. The van der Waals surface area contributed by atoms with Crippen LogP contribution in [-0.4, -0.2) is 17.2 Å². The van der Waals surface area contributed by atoms with Crippen molar-refractivity contribution in [3.63, 3.8) is 0 Å². The Morgan fingerprint density at radius 3 is 2.48 bits per heavy atom. The van der Waals surface area contributed by atoms with Gasteiger partial charge in [-0.2, -0.15) is 13.2 Å². The third kappa shape index (κ3) is 6.35. The molecule has 0 saturated heterocycles. The van der Waals surface area contributed by atoms with Crippen LogP contribution < -0.4 is 21.5 Å². The summed E-state index contributed by atoms with van der Waals surface area (Å²) in [5.41, 5.74) is 3.43. The van der Waals surface area contributed by atoms with Crippen molar-refractivity contribution in [1.29, 1.82) is 0 Å². The van der Waals surface area contributed by atoms with E-state index in [1.165, 1.54) is 18.6 Å². The Kier molecular flexibility index (Phi) is 6.88. The fourth-order valence-electron chi connectivity index (χ4n) is 2.60. The summed E-state index contributed by atoms with van der Waals surface area (Å²) in [6, 6.07) is 2.89. The first kappa shape index (κ1) is 19.8. The molecule has 2 amide bonds. The molecule has 0 bridgehead atoms. The van der Waals surface area contributed by atoms with Crippen molar-refractivity contribution in [1.82, 2.24) is 16.2 Å². The first-order valence-electron chi connectivity index (χ1n) is 7.76. The third-order valence-corrected chi connectivity index (χ3v) is 4.48. The lowest BCUT2D eigenvalue weighted by Gasteiger charge is -2.24. The number of anilines is 1. The number of hydrogen-bond acceptors (Lipinski definition) is 2. The van der Waals surface area contributed by atoms with Crippen LogP contribution in [0.2, 0.25) is 0 Å². The van der Waals surface area contributed by atoms with Crippen LogP contribution in [0, 0.1) is 0 Å². The maximum absolute atomic E-state index is 13.0. The van der Waals surface area contributed by atoms with Crippen LogP contribution in [0.1, 0.15) is 37.7 Å². The molecule has 1 aromatic carbocycles. The van der Waals surface area contributed by atoms with Gasteiger partial charge < -0.3 is 10.6 Å². The lowest BCUT2D eigenvalue weighted by atomic mass is 9.96. The summed E-state index contributed by atoms with van der Waals surface area (Å²) in [5, 5.41) is 5.47. The Bertz CT molecular complexity index is 636. The highest BCUT2D eigenvalue weighted by molar-refractivity contribution is 9.10. The molecule has 0 aromatic heterocycles. The van der Waals surface area contributed by atoms with E-state index in [0.717, 1.165) is 31.7 Å². The van der Waals surface area contributed by atoms with Gasteiger partial charge in [0.1, 0.15) is 0 Å². The number of hydrogen-bond donors (Lipinski definition) is 4. The fourth-order valence-corrected chi connectivity index (χ4v) is 3.17. The predicted octanol–water partition coefficient (Wildman–Crippen LogP) is 4.30. The van der Waals surface area contributed by atoms with E-state index in [2.05, 4.69) is 37.4 Å². The molecule has 0 spiro atoms. The molecule has 5 nitrogen and oxygen atoms in total. The molecule has 1 aliphatic rings. The van der Waals surface area contributed by atoms with Gasteiger partial charge in [0.2, 0.25) is 0 Å². The second-order valence-corrected chi connectivity index (χ2v) is 7.02.